The van der Waals surface area contributed by atoms with Crippen molar-refractivity contribution in [2.45, 2.75) is 306 Å². The van der Waals surface area contributed by atoms with Crippen molar-refractivity contribution in [3.63, 3.8) is 0 Å². The normalized spacial score (nSPS) is 20.9. The number of aliphatic hydroxyl groups excluding tert-OH is 7. The van der Waals surface area contributed by atoms with Gasteiger partial charge in [-0.1, -0.05) is 212 Å². The number of aliphatic hydroxyl groups is 7. The molecule has 0 bridgehead atoms. The first kappa shape index (κ1) is 62.6. The lowest BCUT2D eigenvalue weighted by Crippen LogP contribution is -2.60. The zero-order valence-electron chi connectivity index (χ0n) is 42.4. The minimum atomic E-state index is -1.67. The second-order valence-electron chi connectivity index (χ2n) is 19.6. The fourth-order valence-electron chi connectivity index (χ4n) is 8.91. The second-order valence-corrected chi connectivity index (χ2v) is 19.6. The number of amides is 1. The van der Waals surface area contributed by atoms with Crippen molar-refractivity contribution >= 4 is 5.91 Å². The van der Waals surface area contributed by atoms with Crippen LogP contribution in [0.2, 0.25) is 0 Å². The molecule has 1 aliphatic rings. The highest BCUT2D eigenvalue weighted by molar-refractivity contribution is 5.80. The highest BCUT2D eigenvalue weighted by Crippen LogP contribution is 2.23. The van der Waals surface area contributed by atoms with E-state index in [4.69, 9.17) is 9.47 Å². The van der Waals surface area contributed by atoms with Gasteiger partial charge in [-0.25, -0.2) is 0 Å². The summed E-state index contributed by atoms with van der Waals surface area (Å²) in [5, 5.41) is 76.0. The van der Waals surface area contributed by atoms with Crippen LogP contribution in [-0.2, 0) is 14.3 Å². The van der Waals surface area contributed by atoms with Crippen LogP contribution in [0.4, 0.5) is 0 Å². The lowest BCUT2D eigenvalue weighted by atomic mass is 9.98. The average Bonchev–Trinajstić information content (AvgIpc) is 3.32. The molecule has 66 heavy (non-hydrogen) atoms. The van der Waals surface area contributed by atoms with E-state index in [1.165, 1.54) is 154 Å². The number of rotatable bonds is 47. The van der Waals surface area contributed by atoms with Crippen molar-refractivity contribution in [1.82, 2.24) is 5.32 Å². The second kappa shape index (κ2) is 44.8. The minimum absolute atomic E-state index is 0.248. The van der Waals surface area contributed by atoms with Gasteiger partial charge in [-0.15, -0.1) is 0 Å². The Kier molecular flexibility index (Phi) is 42.5. The lowest BCUT2D eigenvalue weighted by molar-refractivity contribution is -0.303. The number of carbonyl (C=O) groups excluding carboxylic acids is 1. The predicted molar refractivity (Wildman–Crippen MR) is 270 cm³/mol. The molecule has 0 aromatic carbocycles. The summed E-state index contributed by atoms with van der Waals surface area (Å²) in [5.41, 5.74) is 0. The zero-order chi connectivity index (χ0) is 48.3. The number of unbranched alkanes of at least 4 members (excludes halogenated alkanes) is 31. The molecule has 1 saturated heterocycles. The molecule has 0 spiro atoms. The van der Waals surface area contributed by atoms with Crippen molar-refractivity contribution in [1.29, 1.82) is 0 Å². The summed E-state index contributed by atoms with van der Waals surface area (Å²) < 4.78 is 11.1. The highest BCUT2D eigenvalue weighted by Gasteiger charge is 2.44. The monoisotopic (exact) mass is 940 g/mol. The third kappa shape index (κ3) is 33.2. The number of hydrogen-bond acceptors (Lipinski definition) is 10. The zero-order valence-corrected chi connectivity index (χ0v) is 42.4. The van der Waals surface area contributed by atoms with E-state index in [1.807, 2.05) is 0 Å². The number of allylic oxidation sites excluding steroid dienone is 4. The van der Waals surface area contributed by atoms with Crippen LogP contribution in [0.15, 0.2) is 24.3 Å². The Morgan fingerprint density at radius 1 is 0.515 bits per heavy atom. The third-order valence-corrected chi connectivity index (χ3v) is 13.5. The van der Waals surface area contributed by atoms with Crippen molar-refractivity contribution in [2.75, 3.05) is 13.2 Å². The molecule has 390 valence electrons. The van der Waals surface area contributed by atoms with Gasteiger partial charge in [0.1, 0.15) is 36.6 Å². The Morgan fingerprint density at radius 2 is 0.894 bits per heavy atom. The molecule has 8 N–H and O–H groups in total. The van der Waals surface area contributed by atoms with Gasteiger partial charge in [0.25, 0.3) is 0 Å². The maximum atomic E-state index is 13.1. The molecular formula is C55H105NO10. The first-order valence-corrected chi connectivity index (χ1v) is 27.7. The van der Waals surface area contributed by atoms with E-state index in [-0.39, 0.29) is 12.8 Å². The fourth-order valence-corrected chi connectivity index (χ4v) is 8.91. The Morgan fingerprint density at radius 3 is 1.30 bits per heavy atom. The Hall–Kier alpha value is -1.41. The maximum absolute atomic E-state index is 13.1. The Labute approximate surface area is 404 Å². The SMILES string of the molecule is CCCCCCCCCCC/C=C\CCCCCCCCC(O)C(=O)NC(COC1OC(CO)C(O)C(O)C1O)C(O)C(O)CCC/C=C/CCCCCCCCCCCCCCCCC. The molecule has 11 nitrogen and oxygen atoms in total. The van der Waals surface area contributed by atoms with E-state index in [1.54, 1.807) is 0 Å². The topological polar surface area (TPSA) is 189 Å². The summed E-state index contributed by atoms with van der Waals surface area (Å²) in [6.07, 6.45) is 40.8. The van der Waals surface area contributed by atoms with Gasteiger partial charge in [0.15, 0.2) is 6.29 Å². The lowest BCUT2D eigenvalue weighted by Gasteiger charge is -2.40. The predicted octanol–water partition coefficient (Wildman–Crippen LogP) is 11.0. The molecule has 9 atom stereocenters. The minimum Gasteiger partial charge on any atom is -0.394 e. The largest absolute Gasteiger partial charge is 0.394 e. The smallest absolute Gasteiger partial charge is 0.249 e. The molecule has 11 heteroatoms. The van der Waals surface area contributed by atoms with E-state index in [0.29, 0.717) is 12.8 Å². The van der Waals surface area contributed by atoms with E-state index in [2.05, 4.69) is 43.5 Å². The van der Waals surface area contributed by atoms with E-state index in [0.717, 1.165) is 57.8 Å². The van der Waals surface area contributed by atoms with Gasteiger partial charge in [-0.3, -0.25) is 4.79 Å². The summed E-state index contributed by atoms with van der Waals surface area (Å²) in [6, 6.07) is -1.19. The van der Waals surface area contributed by atoms with Crippen LogP contribution >= 0.6 is 0 Å². The standard InChI is InChI=1S/C55H105NO10/c1-3-5-7-9-11-13-15-17-19-21-23-25-26-28-30-32-34-36-38-40-42-47(58)50(60)46(45-65-55-53(63)52(62)51(61)49(44-57)66-55)56-54(64)48(59)43-41-39-37-35-33-31-29-27-24-22-20-18-16-14-12-10-8-6-4-2/h24,27,34,36,46-53,55,57-63H,3-23,25-26,28-33,35,37-45H2,1-2H3,(H,56,64)/b27-24-,36-34+. The van der Waals surface area contributed by atoms with Crippen LogP contribution in [0.1, 0.15) is 251 Å². The van der Waals surface area contributed by atoms with Gasteiger partial charge in [-0.2, -0.15) is 0 Å². The molecule has 0 radical (unpaired) electrons. The fraction of sp³-hybridized carbons (Fsp3) is 0.909. The first-order chi connectivity index (χ1) is 32.2. The summed E-state index contributed by atoms with van der Waals surface area (Å²) in [4.78, 5) is 13.1. The number of nitrogens with one attached hydrogen (secondary N) is 1. The van der Waals surface area contributed by atoms with Gasteiger partial charge in [0, 0.05) is 0 Å². The van der Waals surface area contributed by atoms with Crippen molar-refractivity contribution in [2.24, 2.45) is 0 Å². The van der Waals surface area contributed by atoms with Gasteiger partial charge >= 0.3 is 0 Å². The van der Waals surface area contributed by atoms with Gasteiger partial charge in [0.05, 0.1) is 25.4 Å². The van der Waals surface area contributed by atoms with E-state index >= 15 is 0 Å². The van der Waals surface area contributed by atoms with Crippen LogP contribution in [0.25, 0.3) is 0 Å². The Balaban J connectivity index is 2.37. The van der Waals surface area contributed by atoms with Crippen LogP contribution in [-0.4, -0.2) is 110 Å². The molecule has 1 amide bonds. The third-order valence-electron chi connectivity index (χ3n) is 13.5. The molecule has 1 rings (SSSR count). The summed E-state index contributed by atoms with van der Waals surface area (Å²) in [6.45, 7) is 3.46. The molecule has 1 heterocycles. The van der Waals surface area contributed by atoms with Gasteiger partial charge in [0.2, 0.25) is 5.91 Å². The first-order valence-electron chi connectivity index (χ1n) is 27.7. The molecule has 0 aromatic heterocycles. The van der Waals surface area contributed by atoms with Gasteiger partial charge in [-0.05, 0) is 64.2 Å². The highest BCUT2D eigenvalue weighted by atomic mass is 16.7. The molecule has 0 saturated carbocycles. The summed E-state index contributed by atoms with van der Waals surface area (Å²) >= 11 is 0. The molecule has 0 aromatic rings. The summed E-state index contributed by atoms with van der Waals surface area (Å²) in [7, 11) is 0. The molecule has 1 fully saturated rings. The van der Waals surface area contributed by atoms with E-state index < -0.39 is 74.2 Å². The van der Waals surface area contributed by atoms with Crippen molar-refractivity contribution < 1.29 is 50.0 Å². The molecule has 1 aliphatic heterocycles. The van der Waals surface area contributed by atoms with Crippen molar-refractivity contribution in [3.8, 4) is 0 Å². The number of ether oxygens (including phenoxy) is 2. The quantitative estimate of drug-likeness (QED) is 0.0215. The van der Waals surface area contributed by atoms with Crippen LogP contribution < -0.4 is 5.32 Å². The average molecular weight is 940 g/mol. The van der Waals surface area contributed by atoms with Gasteiger partial charge < -0.3 is 50.5 Å². The molecule has 0 aliphatic carbocycles. The summed E-state index contributed by atoms with van der Waals surface area (Å²) in [5.74, 6) is -0.709. The van der Waals surface area contributed by atoms with Crippen LogP contribution in [0.5, 0.6) is 0 Å². The van der Waals surface area contributed by atoms with Crippen molar-refractivity contribution in [3.05, 3.63) is 24.3 Å². The molecule has 9 unspecified atom stereocenters. The molecular weight excluding hydrogens is 835 g/mol. The van der Waals surface area contributed by atoms with Crippen LogP contribution in [0.3, 0.4) is 0 Å². The van der Waals surface area contributed by atoms with E-state index in [9.17, 15) is 40.5 Å². The number of carbonyl (C=O) groups is 1. The number of hydrogen-bond donors (Lipinski definition) is 8. The van der Waals surface area contributed by atoms with Crippen LogP contribution in [0, 0.1) is 0 Å². The maximum Gasteiger partial charge on any atom is 0.249 e. The Bertz CT molecular complexity index is 1120.